The fourth-order valence-corrected chi connectivity index (χ4v) is 2.09. The van der Waals surface area contributed by atoms with Crippen molar-refractivity contribution in [3.05, 3.63) is 65.5 Å². The van der Waals surface area contributed by atoms with Crippen LogP contribution in [0.3, 0.4) is 0 Å². The maximum Gasteiger partial charge on any atom is 0.252 e. The molecule has 0 aliphatic carbocycles. The van der Waals surface area contributed by atoms with Crippen LogP contribution >= 0.6 is 0 Å². The largest absolute Gasteiger partial charge is 0.497 e. The van der Waals surface area contributed by atoms with Gasteiger partial charge in [0, 0.05) is 12.0 Å². The fraction of sp³-hybridized carbons (Fsp3) is 0.176. The summed E-state index contributed by atoms with van der Waals surface area (Å²) >= 11 is 0. The minimum Gasteiger partial charge on any atom is -0.497 e. The van der Waals surface area contributed by atoms with Crippen molar-refractivity contribution in [2.24, 2.45) is 5.73 Å². The first-order chi connectivity index (χ1) is 11.0. The highest BCUT2D eigenvalue weighted by atomic mass is 19.1. The van der Waals surface area contributed by atoms with Crippen LogP contribution in [0, 0.1) is 5.82 Å². The van der Waals surface area contributed by atoms with Crippen molar-refractivity contribution in [1.82, 2.24) is 5.32 Å². The van der Waals surface area contributed by atoms with E-state index in [0.717, 1.165) is 11.6 Å². The molecule has 2 rings (SSSR count). The average molecular weight is 316 g/mol. The molecule has 0 bridgehead atoms. The van der Waals surface area contributed by atoms with Gasteiger partial charge in [-0.3, -0.25) is 9.59 Å². The summed E-state index contributed by atoms with van der Waals surface area (Å²) in [5.74, 6) is -1.05. The Kier molecular flexibility index (Phi) is 5.30. The van der Waals surface area contributed by atoms with Gasteiger partial charge in [-0.1, -0.05) is 18.2 Å². The Morgan fingerprint density at radius 3 is 2.48 bits per heavy atom. The monoisotopic (exact) mass is 316 g/mol. The van der Waals surface area contributed by atoms with Crippen LogP contribution in [-0.2, 0) is 11.2 Å². The van der Waals surface area contributed by atoms with E-state index in [4.69, 9.17) is 10.5 Å². The zero-order chi connectivity index (χ0) is 16.8. The second kappa shape index (κ2) is 7.40. The van der Waals surface area contributed by atoms with Crippen LogP contribution in [0.5, 0.6) is 5.75 Å². The van der Waals surface area contributed by atoms with E-state index >= 15 is 0 Å². The third kappa shape index (κ3) is 4.54. The van der Waals surface area contributed by atoms with Crippen LogP contribution in [-0.4, -0.2) is 25.0 Å². The number of primary amides is 1. The molecule has 0 spiro atoms. The number of nitrogens with two attached hydrogens (primary N) is 1. The third-order valence-electron chi connectivity index (χ3n) is 3.33. The minimum absolute atomic E-state index is 0.131. The molecule has 120 valence electrons. The van der Waals surface area contributed by atoms with Crippen molar-refractivity contribution in [2.75, 3.05) is 7.11 Å². The van der Waals surface area contributed by atoms with Crippen LogP contribution in [0.25, 0.3) is 0 Å². The molecular weight excluding hydrogens is 299 g/mol. The van der Waals surface area contributed by atoms with Crippen LogP contribution in [0.1, 0.15) is 15.9 Å². The van der Waals surface area contributed by atoms with Crippen LogP contribution in [0.4, 0.5) is 4.39 Å². The van der Waals surface area contributed by atoms with Gasteiger partial charge in [0.1, 0.15) is 17.6 Å². The van der Waals surface area contributed by atoms with Crippen molar-refractivity contribution >= 4 is 11.8 Å². The average Bonchev–Trinajstić information content (AvgIpc) is 2.54. The summed E-state index contributed by atoms with van der Waals surface area (Å²) in [5, 5.41) is 2.53. The molecule has 0 heterocycles. The molecule has 6 heteroatoms. The Morgan fingerprint density at radius 2 is 1.91 bits per heavy atom. The molecule has 0 aromatic heterocycles. The summed E-state index contributed by atoms with van der Waals surface area (Å²) in [6.07, 6.45) is 0.236. The topological polar surface area (TPSA) is 81.4 Å². The number of halogens is 1. The molecule has 0 unspecified atom stereocenters. The molecule has 0 saturated carbocycles. The molecule has 2 aromatic carbocycles. The van der Waals surface area contributed by atoms with Crippen LogP contribution in [0.2, 0.25) is 0 Å². The zero-order valence-corrected chi connectivity index (χ0v) is 12.6. The van der Waals surface area contributed by atoms with Gasteiger partial charge in [-0.25, -0.2) is 4.39 Å². The summed E-state index contributed by atoms with van der Waals surface area (Å²) in [6, 6.07) is 11.4. The molecule has 0 radical (unpaired) electrons. The lowest BCUT2D eigenvalue weighted by Crippen LogP contribution is -2.45. The van der Waals surface area contributed by atoms with Gasteiger partial charge in [0.05, 0.1) is 7.11 Å². The first-order valence-corrected chi connectivity index (χ1v) is 6.98. The Morgan fingerprint density at radius 1 is 1.22 bits per heavy atom. The van der Waals surface area contributed by atoms with Crippen molar-refractivity contribution in [3.8, 4) is 5.75 Å². The van der Waals surface area contributed by atoms with E-state index in [-0.39, 0.29) is 12.0 Å². The molecule has 5 nitrogen and oxygen atoms in total. The van der Waals surface area contributed by atoms with Gasteiger partial charge in [-0.15, -0.1) is 0 Å². The Bertz CT molecular complexity index is 701. The quantitative estimate of drug-likeness (QED) is 0.850. The van der Waals surface area contributed by atoms with Crippen molar-refractivity contribution in [1.29, 1.82) is 0 Å². The summed E-state index contributed by atoms with van der Waals surface area (Å²) < 4.78 is 18.2. The Balaban J connectivity index is 2.09. The van der Waals surface area contributed by atoms with Gasteiger partial charge >= 0.3 is 0 Å². The van der Waals surface area contributed by atoms with E-state index in [1.807, 2.05) is 0 Å². The number of nitrogens with one attached hydrogen (secondary N) is 1. The normalized spacial score (nSPS) is 11.6. The Hall–Kier alpha value is -2.89. The van der Waals surface area contributed by atoms with Gasteiger partial charge in [0.25, 0.3) is 5.91 Å². The smallest absolute Gasteiger partial charge is 0.252 e. The van der Waals surface area contributed by atoms with Crippen molar-refractivity contribution < 1.29 is 18.7 Å². The van der Waals surface area contributed by atoms with E-state index < -0.39 is 23.7 Å². The molecular formula is C17H17FN2O3. The summed E-state index contributed by atoms with van der Waals surface area (Å²) in [6.45, 7) is 0. The second-order valence-electron chi connectivity index (χ2n) is 4.99. The SMILES string of the molecule is COc1ccc(C[C@H](NC(=O)c2cccc(F)c2)C(N)=O)cc1. The van der Waals surface area contributed by atoms with E-state index in [2.05, 4.69) is 5.32 Å². The number of benzene rings is 2. The molecule has 3 N–H and O–H groups in total. The maximum absolute atomic E-state index is 13.2. The van der Waals surface area contributed by atoms with E-state index in [1.165, 1.54) is 18.2 Å². The first kappa shape index (κ1) is 16.5. The molecule has 2 aromatic rings. The van der Waals surface area contributed by atoms with E-state index in [9.17, 15) is 14.0 Å². The Labute approximate surface area is 133 Å². The van der Waals surface area contributed by atoms with Crippen LogP contribution < -0.4 is 15.8 Å². The molecule has 1 atom stereocenters. The van der Waals surface area contributed by atoms with Gasteiger partial charge in [0.2, 0.25) is 5.91 Å². The predicted molar refractivity (Wildman–Crippen MR) is 83.5 cm³/mol. The highest BCUT2D eigenvalue weighted by Gasteiger charge is 2.19. The number of carbonyl (C=O) groups excluding carboxylic acids is 2. The van der Waals surface area contributed by atoms with E-state index in [1.54, 1.807) is 31.4 Å². The summed E-state index contributed by atoms with van der Waals surface area (Å²) in [7, 11) is 1.56. The molecule has 23 heavy (non-hydrogen) atoms. The standard InChI is InChI=1S/C17H17FN2O3/c1-23-14-7-5-11(6-8-14)9-15(16(19)21)20-17(22)12-3-2-4-13(18)10-12/h2-8,10,15H,9H2,1H3,(H2,19,21)(H,20,22)/t15-/m0/s1. The number of hydrogen-bond acceptors (Lipinski definition) is 3. The fourth-order valence-electron chi connectivity index (χ4n) is 2.09. The summed E-state index contributed by atoms with van der Waals surface area (Å²) in [4.78, 5) is 23.7. The van der Waals surface area contributed by atoms with Crippen LogP contribution in [0.15, 0.2) is 48.5 Å². The van der Waals surface area contributed by atoms with E-state index in [0.29, 0.717) is 5.75 Å². The highest BCUT2D eigenvalue weighted by molar-refractivity contribution is 5.97. The molecule has 0 fully saturated rings. The predicted octanol–water partition coefficient (Wildman–Crippen LogP) is 1.66. The second-order valence-corrected chi connectivity index (χ2v) is 4.99. The molecule has 0 aliphatic rings. The highest BCUT2D eigenvalue weighted by Crippen LogP contribution is 2.13. The number of methoxy groups -OCH3 is 1. The van der Waals surface area contributed by atoms with Crippen molar-refractivity contribution in [3.63, 3.8) is 0 Å². The number of hydrogen-bond donors (Lipinski definition) is 2. The summed E-state index contributed by atoms with van der Waals surface area (Å²) in [5.41, 5.74) is 6.29. The molecule has 2 amide bonds. The van der Waals surface area contributed by atoms with Gasteiger partial charge < -0.3 is 15.8 Å². The number of rotatable bonds is 6. The number of amides is 2. The number of ether oxygens (including phenoxy) is 1. The maximum atomic E-state index is 13.2. The lowest BCUT2D eigenvalue weighted by Gasteiger charge is -2.16. The third-order valence-corrected chi connectivity index (χ3v) is 3.33. The number of carbonyl (C=O) groups is 2. The lowest BCUT2D eigenvalue weighted by molar-refractivity contribution is -0.119. The lowest BCUT2D eigenvalue weighted by atomic mass is 10.0. The minimum atomic E-state index is -0.890. The van der Waals surface area contributed by atoms with Gasteiger partial charge in [0.15, 0.2) is 0 Å². The van der Waals surface area contributed by atoms with Gasteiger partial charge in [-0.2, -0.15) is 0 Å². The zero-order valence-electron chi connectivity index (χ0n) is 12.6. The first-order valence-electron chi connectivity index (χ1n) is 6.98. The molecule has 0 aliphatic heterocycles. The van der Waals surface area contributed by atoms with Crippen molar-refractivity contribution in [2.45, 2.75) is 12.5 Å². The molecule has 0 saturated heterocycles. The van der Waals surface area contributed by atoms with Gasteiger partial charge in [-0.05, 0) is 35.9 Å².